The molecule has 1 heterocycles. The van der Waals surface area contributed by atoms with Crippen LogP contribution in [-0.4, -0.2) is 12.9 Å². The molecule has 0 radical (unpaired) electrons. The van der Waals surface area contributed by atoms with Crippen molar-refractivity contribution in [3.63, 3.8) is 0 Å². The molecule has 0 saturated carbocycles. The highest BCUT2D eigenvalue weighted by Gasteiger charge is 2.19. The van der Waals surface area contributed by atoms with Crippen molar-refractivity contribution in [2.24, 2.45) is 0 Å². The van der Waals surface area contributed by atoms with Crippen LogP contribution in [0.4, 0.5) is 0 Å². The number of carbonyl (C=O) groups excluding carboxylic acids is 1. The number of para-hydroxylation sites is 1. The van der Waals surface area contributed by atoms with Crippen LogP contribution in [0.15, 0.2) is 46.9 Å². The second-order valence-electron chi connectivity index (χ2n) is 4.80. The Bertz CT molecular complexity index is 833. The summed E-state index contributed by atoms with van der Waals surface area (Å²) in [5, 5.41) is 1.29. The van der Waals surface area contributed by atoms with Gasteiger partial charge in [-0.1, -0.05) is 29.8 Å². The number of carbonyl (C=O) groups is 1. The average Bonchev–Trinajstić information content (AvgIpc) is 2.92. The van der Waals surface area contributed by atoms with E-state index in [0.29, 0.717) is 21.9 Å². The number of rotatable bonds is 3. The minimum Gasteiger partial charge on any atom is -0.496 e. The van der Waals surface area contributed by atoms with Crippen LogP contribution in [0.5, 0.6) is 5.75 Å². The summed E-state index contributed by atoms with van der Waals surface area (Å²) in [4.78, 5) is 12.6. The molecule has 2 aromatic carbocycles. The largest absolute Gasteiger partial charge is 0.496 e. The molecule has 4 heteroatoms. The molecule has 0 fully saturated rings. The van der Waals surface area contributed by atoms with Crippen LogP contribution in [0, 0.1) is 6.92 Å². The first-order chi connectivity index (χ1) is 10.1. The van der Waals surface area contributed by atoms with Gasteiger partial charge in [-0.05, 0) is 36.8 Å². The van der Waals surface area contributed by atoms with Gasteiger partial charge in [-0.15, -0.1) is 0 Å². The molecule has 0 atom stereocenters. The molecule has 3 nitrogen and oxygen atoms in total. The van der Waals surface area contributed by atoms with Gasteiger partial charge in [0.2, 0.25) is 5.78 Å². The Kier molecular flexibility index (Phi) is 3.43. The molecule has 3 aromatic rings. The molecule has 0 spiro atoms. The van der Waals surface area contributed by atoms with Crippen LogP contribution in [0.25, 0.3) is 11.0 Å². The maximum absolute atomic E-state index is 12.6. The number of hydrogen-bond acceptors (Lipinski definition) is 3. The van der Waals surface area contributed by atoms with Gasteiger partial charge in [0, 0.05) is 5.39 Å². The fourth-order valence-electron chi connectivity index (χ4n) is 2.26. The van der Waals surface area contributed by atoms with E-state index in [-0.39, 0.29) is 11.5 Å². The van der Waals surface area contributed by atoms with Crippen LogP contribution >= 0.6 is 11.6 Å². The summed E-state index contributed by atoms with van der Waals surface area (Å²) in [7, 11) is 1.54. The lowest BCUT2D eigenvalue weighted by Crippen LogP contribution is -2.03. The predicted molar refractivity (Wildman–Crippen MR) is 82.4 cm³/mol. The van der Waals surface area contributed by atoms with Gasteiger partial charge in [0.15, 0.2) is 11.3 Å². The number of halogens is 1. The number of aryl methyl sites for hydroxylation is 1. The lowest BCUT2D eigenvalue weighted by molar-refractivity contribution is 0.101. The van der Waals surface area contributed by atoms with Crippen LogP contribution in [-0.2, 0) is 0 Å². The smallest absolute Gasteiger partial charge is 0.231 e. The lowest BCUT2D eigenvalue weighted by Gasteiger charge is -2.07. The lowest BCUT2D eigenvalue weighted by atomic mass is 10.1. The van der Waals surface area contributed by atoms with E-state index in [9.17, 15) is 4.79 Å². The van der Waals surface area contributed by atoms with Gasteiger partial charge in [0.05, 0.1) is 17.7 Å². The van der Waals surface area contributed by atoms with E-state index in [1.807, 2.05) is 31.2 Å². The average molecular weight is 301 g/mol. The predicted octanol–water partition coefficient (Wildman–Crippen LogP) is 4.63. The molecule has 3 rings (SSSR count). The SMILES string of the molecule is COc1cc(C)ccc1C(=O)c1cc2cccc(Cl)c2o1. The highest BCUT2D eigenvalue weighted by atomic mass is 35.5. The normalized spacial score (nSPS) is 10.8. The van der Waals surface area contributed by atoms with Gasteiger partial charge in [0.25, 0.3) is 0 Å². The van der Waals surface area contributed by atoms with E-state index in [1.165, 1.54) is 0 Å². The quantitative estimate of drug-likeness (QED) is 0.662. The van der Waals surface area contributed by atoms with E-state index in [0.717, 1.165) is 10.9 Å². The van der Waals surface area contributed by atoms with Crippen molar-refractivity contribution in [2.75, 3.05) is 7.11 Å². The highest BCUT2D eigenvalue weighted by molar-refractivity contribution is 6.35. The maximum Gasteiger partial charge on any atom is 0.231 e. The molecule has 0 aliphatic heterocycles. The van der Waals surface area contributed by atoms with E-state index < -0.39 is 0 Å². The van der Waals surface area contributed by atoms with Crippen LogP contribution in [0.1, 0.15) is 21.7 Å². The van der Waals surface area contributed by atoms with Crippen molar-refractivity contribution in [3.8, 4) is 5.75 Å². The number of fused-ring (bicyclic) bond motifs is 1. The maximum atomic E-state index is 12.6. The molecule has 0 aliphatic rings. The van der Waals surface area contributed by atoms with E-state index in [4.69, 9.17) is 20.8 Å². The molecule has 0 saturated heterocycles. The third-order valence-corrected chi connectivity index (χ3v) is 3.62. The number of benzene rings is 2. The summed E-state index contributed by atoms with van der Waals surface area (Å²) >= 11 is 6.07. The number of ether oxygens (including phenoxy) is 1. The van der Waals surface area contributed by atoms with Crippen molar-refractivity contribution in [3.05, 3.63) is 64.4 Å². The first-order valence-electron chi connectivity index (χ1n) is 6.47. The Hall–Kier alpha value is -2.26. The van der Waals surface area contributed by atoms with Gasteiger partial charge in [-0.2, -0.15) is 0 Å². The summed E-state index contributed by atoms with van der Waals surface area (Å²) < 4.78 is 10.9. The van der Waals surface area contributed by atoms with Gasteiger partial charge in [-0.25, -0.2) is 0 Å². The number of hydrogen-bond donors (Lipinski definition) is 0. The highest BCUT2D eigenvalue weighted by Crippen LogP contribution is 2.29. The van der Waals surface area contributed by atoms with Crippen molar-refractivity contribution < 1.29 is 13.9 Å². The molecular formula is C17H13ClO3. The monoisotopic (exact) mass is 300 g/mol. The fraction of sp³-hybridized carbons (Fsp3) is 0.118. The Morgan fingerprint density at radius 2 is 2.00 bits per heavy atom. The van der Waals surface area contributed by atoms with Crippen molar-refractivity contribution >= 4 is 28.4 Å². The molecule has 0 aliphatic carbocycles. The second-order valence-corrected chi connectivity index (χ2v) is 5.21. The topological polar surface area (TPSA) is 39.4 Å². The van der Waals surface area contributed by atoms with Crippen molar-refractivity contribution in [1.82, 2.24) is 0 Å². The summed E-state index contributed by atoms with van der Waals surface area (Å²) in [6, 6.07) is 12.5. The molecule has 0 unspecified atom stereocenters. The summed E-state index contributed by atoms with van der Waals surface area (Å²) in [5.41, 5.74) is 2.02. The molecule has 0 amide bonds. The Morgan fingerprint density at radius 1 is 1.19 bits per heavy atom. The molecule has 21 heavy (non-hydrogen) atoms. The minimum absolute atomic E-state index is 0.223. The number of ketones is 1. The van der Waals surface area contributed by atoms with E-state index in [1.54, 1.807) is 25.3 Å². The van der Waals surface area contributed by atoms with Gasteiger partial charge < -0.3 is 9.15 Å². The van der Waals surface area contributed by atoms with Crippen molar-refractivity contribution in [2.45, 2.75) is 6.92 Å². The first kappa shape index (κ1) is 13.7. The zero-order chi connectivity index (χ0) is 15.0. The number of furan rings is 1. The summed E-state index contributed by atoms with van der Waals surface area (Å²) in [6.07, 6.45) is 0. The second kappa shape index (κ2) is 5.26. The molecule has 0 bridgehead atoms. The molecule has 106 valence electrons. The van der Waals surface area contributed by atoms with Gasteiger partial charge in [-0.3, -0.25) is 4.79 Å². The van der Waals surface area contributed by atoms with E-state index in [2.05, 4.69) is 0 Å². The van der Waals surface area contributed by atoms with Gasteiger partial charge in [0.1, 0.15) is 5.75 Å². The molecule has 0 N–H and O–H groups in total. The third-order valence-electron chi connectivity index (χ3n) is 3.32. The number of methoxy groups -OCH3 is 1. The first-order valence-corrected chi connectivity index (χ1v) is 6.85. The Morgan fingerprint density at radius 3 is 2.71 bits per heavy atom. The third kappa shape index (κ3) is 2.41. The zero-order valence-corrected chi connectivity index (χ0v) is 12.4. The zero-order valence-electron chi connectivity index (χ0n) is 11.6. The molecule has 1 aromatic heterocycles. The summed E-state index contributed by atoms with van der Waals surface area (Å²) in [6.45, 7) is 1.94. The van der Waals surface area contributed by atoms with Crippen LogP contribution < -0.4 is 4.74 Å². The Balaban J connectivity index is 2.10. The molecular weight excluding hydrogens is 288 g/mol. The van der Waals surface area contributed by atoms with Crippen molar-refractivity contribution in [1.29, 1.82) is 0 Å². The minimum atomic E-state index is -0.223. The standard InChI is InChI=1S/C17H13ClO3/c1-10-6-7-12(14(8-10)20-2)16(19)15-9-11-4-3-5-13(18)17(11)21-15/h3-9H,1-2H3. The van der Waals surface area contributed by atoms with Gasteiger partial charge >= 0.3 is 0 Å². The van der Waals surface area contributed by atoms with Crippen LogP contribution in [0.3, 0.4) is 0 Å². The van der Waals surface area contributed by atoms with E-state index >= 15 is 0 Å². The van der Waals surface area contributed by atoms with Crippen LogP contribution in [0.2, 0.25) is 5.02 Å². The fourth-order valence-corrected chi connectivity index (χ4v) is 2.48. The summed E-state index contributed by atoms with van der Waals surface area (Å²) in [5.74, 6) is 0.561. The Labute approximate surface area is 127 Å².